The number of halogens is 1. The molecule has 7 heteroatoms. The molecule has 1 aromatic carbocycles. The maximum atomic E-state index is 5.82. The average molecular weight is 488 g/mol. The number of benzene rings is 1. The Morgan fingerprint density at radius 1 is 1.11 bits per heavy atom. The number of hydrogen-bond acceptors (Lipinski definition) is 4. The molecule has 2 aliphatic heterocycles. The summed E-state index contributed by atoms with van der Waals surface area (Å²) in [5.41, 5.74) is 2.53. The maximum absolute atomic E-state index is 5.82. The van der Waals surface area contributed by atoms with Crippen molar-refractivity contribution < 1.29 is 9.47 Å². The molecule has 2 aliphatic rings. The molecule has 6 nitrogen and oxygen atoms in total. The van der Waals surface area contributed by atoms with Gasteiger partial charge in [0.2, 0.25) is 0 Å². The van der Waals surface area contributed by atoms with Crippen molar-refractivity contribution >= 4 is 29.9 Å². The molecule has 2 N–H and O–H groups in total. The van der Waals surface area contributed by atoms with Crippen LogP contribution in [0.4, 0.5) is 0 Å². The van der Waals surface area contributed by atoms with Gasteiger partial charge in [0.25, 0.3) is 0 Å². The lowest BCUT2D eigenvalue weighted by atomic mass is 10.0. The molecular weight excluding hydrogens is 455 g/mol. The summed E-state index contributed by atoms with van der Waals surface area (Å²) in [5, 5.41) is 6.77. The smallest absolute Gasteiger partial charge is 0.191 e. The SMILES string of the molecule is CN=C(NCc1ccc(CN2CCOCC2)cc1)NCC1(C)CCCO1.I. The van der Waals surface area contributed by atoms with Gasteiger partial charge in [0, 0.05) is 46.4 Å². The van der Waals surface area contributed by atoms with Crippen molar-refractivity contribution in [1.29, 1.82) is 0 Å². The normalized spacial score (nSPS) is 23.7. The standard InChI is InChI=1S/C20H32N4O2.HI/c1-20(8-3-11-26-20)16-23-19(21-2)22-14-17-4-6-18(7-5-17)15-24-9-12-25-13-10-24;/h4-7H,3,8-16H2,1-2H3,(H2,21,22,23);1H. The number of hydrogen-bond donors (Lipinski definition) is 2. The van der Waals surface area contributed by atoms with Gasteiger partial charge in [-0.2, -0.15) is 0 Å². The van der Waals surface area contributed by atoms with Gasteiger partial charge in [-0.25, -0.2) is 0 Å². The van der Waals surface area contributed by atoms with E-state index in [1.165, 1.54) is 11.1 Å². The van der Waals surface area contributed by atoms with Crippen LogP contribution in [0.15, 0.2) is 29.3 Å². The highest BCUT2D eigenvalue weighted by Crippen LogP contribution is 2.23. The molecule has 0 aromatic heterocycles. The van der Waals surface area contributed by atoms with E-state index in [1.807, 2.05) is 0 Å². The predicted molar refractivity (Wildman–Crippen MR) is 120 cm³/mol. The molecule has 1 aromatic rings. The zero-order valence-electron chi connectivity index (χ0n) is 16.5. The lowest BCUT2D eigenvalue weighted by Gasteiger charge is -2.26. The molecule has 2 fully saturated rings. The first-order valence-corrected chi connectivity index (χ1v) is 9.63. The summed E-state index contributed by atoms with van der Waals surface area (Å²) in [4.78, 5) is 6.75. The summed E-state index contributed by atoms with van der Waals surface area (Å²) in [7, 11) is 1.80. The van der Waals surface area contributed by atoms with E-state index in [0.717, 1.165) is 71.3 Å². The van der Waals surface area contributed by atoms with Crippen LogP contribution in [0.3, 0.4) is 0 Å². The van der Waals surface area contributed by atoms with Crippen LogP contribution in [0.1, 0.15) is 30.9 Å². The molecule has 0 spiro atoms. The Morgan fingerprint density at radius 3 is 2.44 bits per heavy atom. The molecule has 2 saturated heterocycles. The fourth-order valence-electron chi connectivity index (χ4n) is 3.43. The van der Waals surface area contributed by atoms with E-state index in [2.05, 4.69) is 51.7 Å². The van der Waals surface area contributed by atoms with Crippen molar-refractivity contribution in [3.8, 4) is 0 Å². The molecule has 27 heavy (non-hydrogen) atoms. The van der Waals surface area contributed by atoms with Gasteiger partial charge in [-0.05, 0) is 30.9 Å². The molecule has 1 atom stereocenters. The minimum Gasteiger partial charge on any atom is -0.379 e. The van der Waals surface area contributed by atoms with E-state index in [4.69, 9.17) is 9.47 Å². The van der Waals surface area contributed by atoms with Gasteiger partial charge in [0.15, 0.2) is 5.96 Å². The van der Waals surface area contributed by atoms with Gasteiger partial charge in [-0.3, -0.25) is 9.89 Å². The summed E-state index contributed by atoms with van der Waals surface area (Å²) in [6, 6.07) is 8.82. The monoisotopic (exact) mass is 488 g/mol. The fourth-order valence-corrected chi connectivity index (χ4v) is 3.43. The Hall–Kier alpha value is -0.900. The first kappa shape index (κ1) is 22.4. The Labute approximate surface area is 180 Å². The Bertz CT molecular complexity index is 582. The molecule has 0 amide bonds. The van der Waals surface area contributed by atoms with E-state index < -0.39 is 0 Å². The number of rotatable bonds is 6. The van der Waals surface area contributed by atoms with Gasteiger partial charge < -0.3 is 20.1 Å². The van der Waals surface area contributed by atoms with Crippen molar-refractivity contribution in [2.24, 2.45) is 4.99 Å². The summed E-state index contributed by atoms with van der Waals surface area (Å²) in [5.74, 6) is 0.819. The second-order valence-electron chi connectivity index (χ2n) is 7.39. The largest absolute Gasteiger partial charge is 0.379 e. The molecule has 2 heterocycles. The van der Waals surface area contributed by atoms with E-state index in [1.54, 1.807) is 7.05 Å². The molecule has 0 bridgehead atoms. The molecule has 0 radical (unpaired) electrons. The van der Waals surface area contributed by atoms with Gasteiger partial charge in [-0.15, -0.1) is 24.0 Å². The summed E-state index contributed by atoms with van der Waals surface area (Å²) in [6.07, 6.45) is 2.24. The number of aliphatic imine (C=N–C) groups is 1. The van der Waals surface area contributed by atoms with Crippen molar-refractivity contribution in [2.75, 3.05) is 46.5 Å². The highest BCUT2D eigenvalue weighted by Gasteiger charge is 2.29. The second kappa shape index (κ2) is 11.2. The Morgan fingerprint density at radius 2 is 1.81 bits per heavy atom. The Balaban J connectivity index is 0.00000261. The number of nitrogens with zero attached hydrogens (tertiary/aromatic N) is 2. The maximum Gasteiger partial charge on any atom is 0.191 e. The second-order valence-corrected chi connectivity index (χ2v) is 7.39. The van der Waals surface area contributed by atoms with E-state index in [-0.39, 0.29) is 29.6 Å². The topological polar surface area (TPSA) is 58.1 Å². The highest BCUT2D eigenvalue weighted by atomic mass is 127. The van der Waals surface area contributed by atoms with Crippen LogP contribution in [0.2, 0.25) is 0 Å². The van der Waals surface area contributed by atoms with Crippen LogP contribution in [0, 0.1) is 0 Å². The quantitative estimate of drug-likeness (QED) is 0.366. The first-order chi connectivity index (χ1) is 12.7. The third-order valence-corrected chi connectivity index (χ3v) is 5.15. The molecule has 152 valence electrons. The number of nitrogens with one attached hydrogen (secondary N) is 2. The molecular formula is C20H33IN4O2. The van der Waals surface area contributed by atoms with Crippen LogP contribution < -0.4 is 10.6 Å². The van der Waals surface area contributed by atoms with Gasteiger partial charge in [0.05, 0.1) is 18.8 Å². The third kappa shape index (κ3) is 7.21. The number of ether oxygens (including phenoxy) is 2. The van der Waals surface area contributed by atoms with Gasteiger partial charge in [0.1, 0.15) is 0 Å². The van der Waals surface area contributed by atoms with Gasteiger partial charge >= 0.3 is 0 Å². The van der Waals surface area contributed by atoms with Crippen molar-refractivity contribution in [3.05, 3.63) is 35.4 Å². The minimum atomic E-state index is -0.0707. The van der Waals surface area contributed by atoms with Crippen LogP contribution in [0.25, 0.3) is 0 Å². The van der Waals surface area contributed by atoms with Crippen LogP contribution in [-0.4, -0.2) is 63.0 Å². The lowest BCUT2D eigenvalue weighted by molar-refractivity contribution is 0.0243. The van der Waals surface area contributed by atoms with E-state index in [9.17, 15) is 0 Å². The molecule has 3 rings (SSSR count). The zero-order valence-corrected chi connectivity index (χ0v) is 18.8. The number of guanidine groups is 1. The summed E-state index contributed by atoms with van der Waals surface area (Å²) < 4.78 is 11.2. The third-order valence-electron chi connectivity index (χ3n) is 5.15. The first-order valence-electron chi connectivity index (χ1n) is 9.63. The van der Waals surface area contributed by atoms with Gasteiger partial charge in [-0.1, -0.05) is 24.3 Å². The molecule has 0 aliphatic carbocycles. The average Bonchev–Trinajstić information content (AvgIpc) is 3.11. The van der Waals surface area contributed by atoms with Crippen molar-refractivity contribution in [1.82, 2.24) is 15.5 Å². The van der Waals surface area contributed by atoms with Crippen LogP contribution in [-0.2, 0) is 22.6 Å². The Kier molecular flexibility index (Phi) is 9.28. The van der Waals surface area contributed by atoms with Crippen LogP contribution >= 0.6 is 24.0 Å². The molecule has 0 saturated carbocycles. The zero-order chi connectivity index (χ0) is 18.2. The summed E-state index contributed by atoms with van der Waals surface area (Å²) in [6.45, 7) is 9.30. The lowest BCUT2D eigenvalue weighted by Crippen LogP contribution is -2.45. The van der Waals surface area contributed by atoms with Crippen molar-refractivity contribution in [3.63, 3.8) is 0 Å². The van der Waals surface area contributed by atoms with E-state index in [0.29, 0.717) is 0 Å². The predicted octanol–water partition coefficient (Wildman–Crippen LogP) is 2.37. The molecule has 1 unspecified atom stereocenters. The van der Waals surface area contributed by atoms with E-state index >= 15 is 0 Å². The fraction of sp³-hybridized carbons (Fsp3) is 0.650. The van der Waals surface area contributed by atoms with Crippen LogP contribution in [0.5, 0.6) is 0 Å². The van der Waals surface area contributed by atoms with Crippen molar-refractivity contribution in [2.45, 2.75) is 38.5 Å². The summed E-state index contributed by atoms with van der Waals surface area (Å²) >= 11 is 0. The minimum absolute atomic E-state index is 0. The highest BCUT2D eigenvalue weighted by molar-refractivity contribution is 14.0. The number of morpholine rings is 1.